The minimum Gasteiger partial charge on any atom is -0.378 e. The van der Waals surface area contributed by atoms with E-state index in [1.165, 1.54) is 31.9 Å². The first-order chi connectivity index (χ1) is 10.6. The maximum Gasteiger partial charge on any atom is 0.329 e. The van der Waals surface area contributed by atoms with E-state index in [1.807, 2.05) is 0 Å². The van der Waals surface area contributed by atoms with Crippen LogP contribution in [0.4, 0.5) is 17.5 Å². The quantitative estimate of drug-likeness (QED) is 0.665. The summed E-state index contributed by atoms with van der Waals surface area (Å²) >= 11 is 0. The van der Waals surface area contributed by atoms with Crippen molar-refractivity contribution >= 4 is 17.5 Å². The highest BCUT2D eigenvalue weighted by molar-refractivity contribution is 5.53. The molecule has 2 heterocycles. The summed E-state index contributed by atoms with van der Waals surface area (Å²) in [5, 5.41) is 10.8. The van der Waals surface area contributed by atoms with Gasteiger partial charge < -0.3 is 10.6 Å². The second kappa shape index (κ2) is 6.04. The molecule has 2 fully saturated rings. The summed E-state index contributed by atoms with van der Waals surface area (Å²) in [5.41, 5.74) is 5.43. The zero-order chi connectivity index (χ0) is 15.7. The van der Waals surface area contributed by atoms with Gasteiger partial charge in [0.15, 0.2) is 0 Å². The third-order valence-electron chi connectivity index (χ3n) is 4.74. The van der Waals surface area contributed by atoms with Crippen molar-refractivity contribution in [2.75, 3.05) is 30.3 Å². The molecule has 1 aliphatic heterocycles. The Bertz CT molecular complexity index is 560. The highest BCUT2D eigenvalue weighted by atomic mass is 16.6. The van der Waals surface area contributed by atoms with Gasteiger partial charge in [0, 0.05) is 31.7 Å². The molecule has 0 aromatic carbocycles. The Balaban J connectivity index is 1.69. The van der Waals surface area contributed by atoms with Gasteiger partial charge in [-0.05, 0) is 19.8 Å². The lowest BCUT2D eigenvalue weighted by molar-refractivity contribution is -0.384. The van der Waals surface area contributed by atoms with E-state index in [9.17, 15) is 10.1 Å². The van der Waals surface area contributed by atoms with Crippen LogP contribution in [0.15, 0.2) is 6.20 Å². The molecular weight excluding hydrogens is 284 g/mol. The Kier molecular flexibility index (Phi) is 4.10. The monoisotopic (exact) mass is 306 g/mol. The van der Waals surface area contributed by atoms with E-state index in [4.69, 9.17) is 5.73 Å². The average Bonchev–Trinajstić information content (AvgIpc) is 3.00. The van der Waals surface area contributed by atoms with E-state index < -0.39 is 4.92 Å². The lowest BCUT2D eigenvalue weighted by Gasteiger charge is -2.43. The van der Waals surface area contributed by atoms with Crippen LogP contribution in [0.1, 0.15) is 32.6 Å². The van der Waals surface area contributed by atoms with Crippen molar-refractivity contribution in [2.45, 2.75) is 44.7 Å². The van der Waals surface area contributed by atoms with Crippen molar-refractivity contribution in [1.29, 1.82) is 0 Å². The lowest BCUT2D eigenvalue weighted by Crippen LogP contribution is -2.55. The Morgan fingerprint density at radius 3 is 2.68 bits per heavy atom. The zero-order valence-corrected chi connectivity index (χ0v) is 12.8. The second-order valence-electron chi connectivity index (χ2n) is 6.17. The molecule has 0 bridgehead atoms. The number of aromatic nitrogens is 2. The highest BCUT2D eigenvalue weighted by Gasteiger charge is 2.32. The Morgan fingerprint density at radius 2 is 2.09 bits per heavy atom. The first-order valence-corrected chi connectivity index (χ1v) is 7.84. The first kappa shape index (κ1) is 15.0. The molecule has 2 aliphatic rings. The lowest BCUT2D eigenvalue weighted by atomic mass is 10.1. The van der Waals surface area contributed by atoms with Gasteiger partial charge in [-0.25, -0.2) is 4.98 Å². The summed E-state index contributed by atoms with van der Waals surface area (Å²) in [6.45, 7) is 4.86. The third-order valence-corrected chi connectivity index (χ3v) is 4.74. The van der Waals surface area contributed by atoms with E-state index in [-0.39, 0.29) is 11.5 Å². The number of rotatable bonds is 3. The molecule has 8 heteroatoms. The predicted octanol–water partition coefficient (Wildman–Crippen LogP) is 1.42. The van der Waals surface area contributed by atoms with Crippen molar-refractivity contribution in [1.82, 2.24) is 14.9 Å². The van der Waals surface area contributed by atoms with E-state index in [0.717, 1.165) is 19.6 Å². The van der Waals surface area contributed by atoms with Gasteiger partial charge >= 0.3 is 5.69 Å². The van der Waals surface area contributed by atoms with E-state index in [2.05, 4.69) is 26.7 Å². The van der Waals surface area contributed by atoms with Crippen LogP contribution in [0, 0.1) is 10.1 Å². The van der Waals surface area contributed by atoms with E-state index in [1.54, 1.807) is 0 Å². The van der Waals surface area contributed by atoms with Crippen molar-refractivity contribution in [3.8, 4) is 0 Å². The van der Waals surface area contributed by atoms with Crippen molar-refractivity contribution in [3.05, 3.63) is 16.3 Å². The number of anilines is 2. The molecule has 0 radical (unpaired) electrons. The van der Waals surface area contributed by atoms with Crippen LogP contribution in [-0.4, -0.2) is 51.5 Å². The Labute approximate surface area is 129 Å². The molecule has 3 rings (SSSR count). The molecular formula is C14H22N6O2. The fourth-order valence-corrected chi connectivity index (χ4v) is 3.60. The molecule has 1 atom stereocenters. The highest BCUT2D eigenvalue weighted by Crippen LogP contribution is 2.28. The molecule has 1 unspecified atom stereocenters. The molecule has 1 aromatic heterocycles. The Morgan fingerprint density at radius 1 is 1.36 bits per heavy atom. The molecule has 22 heavy (non-hydrogen) atoms. The van der Waals surface area contributed by atoms with Gasteiger partial charge in [0.2, 0.25) is 11.8 Å². The van der Waals surface area contributed by atoms with Gasteiger partial charge in [-0.3, -0.25) is 15.0 Å². The van der Waals surface area contributed by atoms with Crippen LogP contribution in [-0.2, 0) is 0 Å². The van der Waals surface area contributed by atoms with Crippen LogP contribution in [0.25, 0.3) is 0 Å². The number of nitrogens with two attached hydrogens (primary N) is 1. The standard InChI is InChI=1S/C14H22N6O2/c1-10-9-18(6-7-19(10)11-4-2-3-5-11)14-16-8-12(20(21)22)13(15)17-14/h8,10-11H,2-7,9H2,1H3,(H2,15,16,17). The summed E-state index contributed by atoms with van der Waals surface area (Å²) in [6, 6.07) is 1.14. The second-order valence-corrected chi connectivity index (χ2v) is 6.17. The minimum atomic E-state index is -0.556. The maximum atomic E-state index is 10.8. The molecule has 120 valence electrons. The molecule has 2 N–H and O–H groups in total. The zero-order valence-electron chi connectivity index (χ0n) is 12.8. The van der Waals surface area contributed by atoms with Crippen LogP contribution in [0.5, 0.6) is 0 Å². The van der Waals surface area contributed by atoms with E-state index >= 15 is 0 Å². The fourth-order valence-electron chi connectivity index (χ4n) is 3.60. The predicted molar refractivity (Wildman–Crippen MR) is 83.7 cm³/mol. The Hall–Kier alpha value is -1.96. The van der Waals surface area contributed by atoms with Crippen LogP contribution in [0.3, 0.4) is 0 Å². The summed E-state index contributed by atoms with van der Waals surface area (Å²) in [4.78, 5) is 23.1. The number of hydrogen-bond donors (Lipinski definition) is 1. The minimum absolute atomic E-state index is 0.0686. The fraction of sp³-hybridized carbons (Fsp3) is 0.714. The van der Waals surface area contributed by atoms with Crippen LogP contribution in [0.2, 0.25) is 0 Å². The maximum absolute atomic E-state index is 10.8. The third kappa shape index (κ3) is 2.83. The first-order valence-electron chi connectivity index (χ1n) is 7.84. The van der Waals surface area contributed by atoms with Gasteiger partial charge in [-0.1, -0.05) is 12.8 Å². The number of nitrogen functional groups attached to an aromatic ring is 1. The summed E-state index contributed by atoms with van der Waals surface area (Å²) in [5.74, 6) is 0.418. The number of nitrogens with zero attached hydrogens (tertiary/aromatic N) is 5. The molecule has 1 aromatic rings. The summed E-state index contributed by atoms with van der Waals surface area (Å²) in [7, 11) is 0. The number of hydrogen-bond acceptors (Lipinski definition) is 7. The molecule has 0 amide bonds. The summed E-state index contributed by atoms with van der Waals surface area (Å²) < 4.78 is 0. The van der Waals surface area contributed by atoms with Gasteiger partial charge in [-0.2, -0.15) is 4.98 Å². The number of piperazine rings is 1. The van der Waals surface area contributed by atoms with Crippen molar-refractivity contribution < 1.29 is 4.92 Å². The van der Waals surface area contributed by atoms with Gasteiger partial charge in [-0.15, -0.1) is 0 Å². The topological polar surface area (TPSA) is 101 Å². The van der Waals surface area contributed by atoms with E-state index in [0.29, 0.717) is 18.0 Å². The molecule has 1 saturated heterocycles. The van der Waals surface area contributed by atoms with Crippen molar-refractivity contribution in [3.63, 3.8) is 0 Å². The van der Waals surface area contributed by atoms with Crippen LogP contribution >= 0.6 is 0 Å². The normalized spacial score (nSPS) is 23.9. The smallest absolute Gasteiger partial charge is 0.329 e. The average molecular weight is 306 g/mol. The molecule has 0 spiro atoms. The largest absolute Gasteiger partial charge is 0.378 e. The molecule has 1 aliphatic carbocycles. The van der Waals surface area contributed by atoms with Gasteiger partial charge in [0.05, 0.1) is 4.92 Å². The van der Waals surface area contributed by atoms with Gasteiger partial charge in [0.25, 0.3) is 0 Å². The molecule has 1 saturated carbocycles. The SMILES string of the molecule is CC1CN(c2ncc([N+](=O)[O-])c(N)n2)CCN1C1CCCC1. The van der Waals surface area contributed by atoms with Crippen molar-refractivity contribution in [2.24, 2.45) is 0 Å². The molecule has 8 nitrogen and oxygen atoms in total. The van der Waals surface area contributed by atoms with Gasteiger partial charge in [0.1, 0.15) is 6.20 Å². The van der Waals surface area contributed by atoms with Crippen LogP contribution < -0.4 is 10.6 Å². The number of nitro groups is 1. The summed E-state index contributed by atoms with van der Waals surface area (Å²) in [6.07, 6.45) is 6.46.